The summed E-state index contributed by atoms with van der Waals surface area (Å²) in [6, 6.07) is 15.5. The Balaban J connectivity index is 1.56. The van der Waals surface area contributed by atoms with Crippen LogP contribution in [0.2, 0.25) is 0 Å². The van der Waals surface area contributed by atoms with Gasteiger partial charge in [0, 0.05) is 11.2 Å². The molecule has 0 aliphatic carbocycles. The summed E-state index contributed by atoms with van der Waals surface area (Å²) in [6.07, 6.45) is 0.0615. The number of rotatable bonds is 4. The standard InChI is InChI=1S/C19H18FN3O2/c1-13-10-15-4-2-3-5-17(15)23(13)12-19(25)22-21-18(24)11-14-6-8-16(20)9-7-14/h2-10H,11-12H2,1H3,(H,21,24)(H,22,25). The normalized spacial score (nSPS) is 10.6. The summed E-state index contributed by atoms with van der Waals surface area (Å²) < 4.78 is 14.7. The molecule has 0 bridgehead atoms. The molecule has 25 heavy (non-hydrogen) atoms. The molecule has 1 aromatic heterocycles. The molecular formula is C19H18FN3O2. The summed E-state index contributed by atoms with van der Waals surface area (Å²) in [6.45, 7) is 2.04. The maximum atomic E-state index is 12.8. The van der Waals surface area contributed by atoms with Gasteiger partial charge in [-0.2, -0.15) is 0 Å². The zero-order valence-corrected chi connectivity index (χ0v) is 13.8. The second kappa shape index (κ2) is 7.17. The number of para-hydroxylation sites is 1. The molecule has 3 aromatic rings. The minimum Gasteiger partial charge on any atom is -0.335 e. The largest absolute Gasteiger partial charge is 0.335 e. The number of aromatic nitrogens is 1. The lowest BCUT2D eigenvalue weighted by molar-refractivity contribution is -0.128. The number of nitrogens with zero attached hydrogens (tertiary/aromatic N) is 1. The molecule has 0 saturated carbocycles. The number of hydrazine groups is 1. The fraction of sp³-hybridized carbons (Fsp3) is 0.158. The number of fused-ring (bicyclic) bond motifs is 1. The molecule has 1 heterocycles. The molecule has 0 atom stereocenters. The maximum absolute atomic E-state index is 12.8. The molecule has 128 valence electrons. The Hall–Kier alpha value is -3.15. The molecule has 2 amide bonds. The first-order valence-corrected chi connectivity index (χ1v) is 7.90. The van der Waals surface area contributed by atoms with E-state index in [9.17, 15) is 14.0 Å². The van der Waals surface area contributed by atoms with Crippen LogP contribution in [0, 0.1) is 12.7 Å². The number of carbonyl (C=O) groups excluding carboxylic acids is 2. The van der Waals surface area contributed by atoms with Gasteiger partial charge in [0.2, 0.25) is 5.91 Å². The van der Waals surface area contributed by atoms with Crippen molar-refractivity contribution in [3.8, 4) is 0 Å². The van der Waals surface area contributed by atoms with Crippen LogP contribution in [0.5, 0.6) is 0 Å². The summed E-state index contributed by atoms with van der Waals surface area (Å²) in [5.74, 6) is -1.04. The Morgan fingerprint density at radius 3 is 2.44 bits per heavy atom. The highest BCUT2D eigenvalue weighted by molar-refractivity contribution is 5.86. The van der Waals surface area contributed by atoms with Crippen molar-refractivity contribution in [3.63, 3.8) is 0 Å². The highest BCUT2D eigenvalue weighted by Gasteiger charge is 2.10. The minimum absolute atomic E-state index is 0.0615. The average molecular weight is 339 g/mol. The van der Waals surface area contributed by atoms with Crippen molar-refractivity contribution < 1.29 is 14.0 Å². The van der Waals surface area contributed by atoms with Crippen LogP contribution in [-0.2, 0) is 22.6 Å². The van der Waals surface area contributed by atoms with E-state index in [4.69, 9.17) is 0 Å². The monoisotopic (exact) mass is 339 g/mol. The van der Waals surface area contributed by atoms with Gasteiger partial charge in [-0.1, -0.05) is 30.3 Å². The van der Waals surface area contributed by atoms with E-state index in [-0.39, 0.29) is 30.6 Å². The quantitative estimate of drug-likeness (QED) is 0.717. The van der Waals surface area contributed by atoms with Crippen molar-refractivity contribution in [2.45, 2.75) is 19.9 Å². The van der Waals surface area contributed by atoms with Gasteiger partial charge >= 0.3 is 0 Å². The fourth-order valence-electron chi connectivity index (χ4n) is 2.71. The number of hydrogen-bond donors (Lipinski definition) is 2. The number of benzene rings is 2. The third-order valence-electron chi connectivity index (χ3n) is 3.94. The number of amides is 2. The Bertz CT molecular complexity index is 916. The van der Waals surface area contributed by atoms with Gasteiger partial charge in [-0.3, -0.25) is 20.4 Å². The molecule has 2 N–H and O–H groups in total. The topological polar surface area (TPSA) is 63.1 Å². The van der Waals surface area contributed by atoms with Crippen molar-refractivity contribution >= 4 is 22.7 Å². The molecule has 0 spiro atoms. The number of nitrogens with one attached hydrogen (secondary N) is 2. The van der Waals surface area contributed by atoms with Crippen molar-refractivity contribution in [1.82, 2.24) is 15.4 Å². The predicted octanol–water partition coefficient (Wildman–Crippen LogP) is 2.48. The van der Waals surface area contributed by atoms with Crippen molar-refractivity contribution in [3.05, 3.63) is 71.7 Å². The predicted molar refractivity (Wildman–Crippen MR) is 93.1 cm³/mol. The Morgan fingerprint density at radius 1 is 1.00 bits per heavy atom. The fourth-order valence-corrected chi connectivity index (χ4v) is 2.71. The lowest BCUT2D eigenvalue weighted by atomic mass is 10.1. The van der Waals surface area contributed by atoms with Gasteiger partial charge in [-0.05, 0) is 42.1 Å². The van der Waals surface area contributed by atoms with E-state index in [0.29, 0.717) is 5.56 Å². The average Bonchev–Trinajstić information content (AvgIpc) is 2.91. The SMILES string of the molecule is Cc1cc2ccccc2n1CC(=O)NNC(=O)Cc1ccc(F)cc1. The number of carbonyl (C=O) groups is 2. The molecule has 5 nitrogen and oxygen atoms in total. The van der Waals surface area contributed by atoms with Crippen LogP contribution in [0.15, 0.2) is 54.6 Å². The first-order valence-electron chi connectivity index (χ1n) is 7.90. The van der Waals surface area contributed by atoms with Crippen LogP contribution in [0.1, 0.15) is 11.3 Å². The molecule has 3 rings (SSSR count). The molecule has 6 heteroatoms. The van der Waals surface area contributed by atoms with E-state index >= 15 is 0 Å². The van der Waals surface area contributed by atoms with Crippen LogP contribution in [0.3, 0.4) is 0 Å². The van der Waals surface area contributed by atoms with Crippen molar-refractivity contribution in [1.29, 1.82) is 0 Å². The van der Waals surface area contributed by atoms with E-state index in [2.05, 4.69) is 10.9 Å². The lowest BCUT2D eigenvalue weighted by Crippen LogP contribution is -2.43. The van der Waals surface area contributed by atoms with Gasteiger partial charge in [-0.15, -0.1) is 0 Å². The van der Waals surface area contributed by atoms with E-state index in [0.717, 1.165) is 16.6 Å². The summed E-state index contributed by atoms with van der Waals surface area (Å²) in [7, 11) is 0. The van der Waals surface area contributed by atoms with Crippen LogP contribution in [0.25, 0.3) is 10.9 Å². The van der Waals surface area contributed by atoms with Gasteiger partial charge in [0.15, 0.2) is 0 Å². The lowest BCUT2D eigenvalue weighted by Gasteiger charge is -2.10. The maximum Gasteiger partial charge on any atom is 0.258 e. The first-order chi connectivity index (χ1) is 12.0. The van der Waals surface area contributed by atoms with E-state index < -0.39 is 0 Å². The number of aryl methyl sites for hydroxylation is 1. The van der Waals surface area contributed by atoms with Gasteiger partial charge in [0.25, 0.3) is 5.91 Å². The van der Waals surface area contributed by atoms with Gasteiger partial charge in [0.1, 0.15) is 12.4 Å². The third kappa shape index (κ3) is 4.03. The highest BCUT2D eigenvalue weighted by Crippen LogP contribution is 2.18. The molecule has 0 fully saturated rings. The zero-order chi connectivity index (χ0) is 17.8. The van der Waals surface area contributed by atoms with Gasteiger partial charge < -0.3 is 4.57 Å². The molecule has 0 radical (unpaired) electrons. The minimum atomic E-state index is -0.367. The Labute approximate surface area is 144 Å². The summed E-state index contributed by atoms with van der Waals surface area (Å²) in [4.78, 5) is 24.0. The molecule has 0 aliphatic heterocycles. The smallest absolute Gasteiger partial charge is 0.258 e. The highest BCUT2D eigenvalue weighted by atomic mass is 19.1. The van der Waals surface area contributed by atoms with Crippen LogP contribution < -0.4 is 10.9 Å². The Morgan fingerprint density at radius 2 is 1.68 bits per heavy atom. The van der Waals surface area contributed by atoms with Crippen LogP contribution in [-0.4, -0.2) is 16.4 Å². The molecule has 0 saturated heterocycles. The van der Waals surface area contributed by atoms with Gasteiger partial charge in [0.05, 0.1) is 6.42 Å². The van der Waals surface area contributed by atoms with Crippen molar-refractivity contribution in [2.75, 3.05) is 0 Å². The third-order valence-corrected chi connectivity index (χ3v) is 3.94. The zero-order valence-electron chi connectivity index (χ0n) is 13.8. The summed E-state index contributed by atoms with van der Waals surface area (Å²) >= 11 is 0. The Kier molecular flexibility index (Phi) is 4.79. The summed E-state index contributed by atoms with van der Waals surface area (Å²) in [5, 5.41) is 1.06. The van der Waals surface area contributed by atoms with Crippen LogP contribution in [0.4, 0.5) is 4.39 Å². The van der Waals surface area contributed by atoms with Gasteiger partial charge in [-0.25, -0.2) is 4.39 Å². The van der Waals surface area contributed by atoms with Crippen LogP contribution >= 0.6 is 0 Å². The number of hydrogen-bond acceptors (Lipinski definition) is 2. The molecule has 2 aromatic carbocycles. The van der Waals surface area contributed by atoms with E-state index in [1.165, 1.54) is 24.3 Å². The number of halogens is 1. The molecule has 0 unspecified atom stereocenters. The second-order valence-electron chi connectivity index (χ2n) is 5.83. The first kappa shape index (κ1) is 16.7. The van der Waals surface area contributed by atoms with Crippen molar-refractivity contribution in [2.24, 2.45) is 0 Å². The van der Waals surface area contributed by atoms with E-state index in [1.807, 2.05) is 41.8 Å². The molecule has 0 aliphatic rings. The summed E-state index contributed by atoms with van der Waals surface area (Å²) in [5.41, 5.74) is 7.39. The van der Waals surface area contributed by atoms with E-state index in [1.54, 1.807) is 0 Å². The second-order valence-corrected chi connectivity index (χ2v) is 5.83. The molecular weight excluding hydrogens is 321 g/mol.